The molecule has 0 aliphatic rings. The molecule has 0 saturated carbocycles. The van der Waals surface area contributed by atoms with Crippen LogP contribution in [-0.4, -0.2) is 19.9 Å². The van der Waals surface area contributed by atoms with Gasteiger partial charge in [-0.2, -0.15) is 5.26 Å². The largest absolute Gasteiger partial charge is 0.361 e. The van der Waals surface area contributed by atoms with E-state index in [0.29, 0.717) is 17.3 Å². The molecular weight excluding hydrogens is 340 g/mol. The van der Waals surface area contributed by atoms with Gasteiger partial charge in [-0.05, 0) is 32.0 Å². The normalized spacial score (nSPS) is 11.7. The van der Waals surface area contributed by atoms with E-state index in [9.17, 15) is 14.0 Å². The second-order valence-corrected chi connectivity index (χ2v) is 5.60. The Balaban J connectivity index is 1.88. The Kier molecular flexibility index (Phi) is 4.75. The Hall–Kier alpha value is -3.54. The maximum Gasteiger partial charge on any atom is 0.170 e. The number of aromatic amines is 1. The van der Waals surface area contributed by atoms with Crippen molar-refractivity contribution in [2.75, 3.05) is 10.6 Å². The van der Waals surface area contributed by atoms with E-state index in [0.717, 1.165) is 12.3 Å². The molecule has 0 amide bonds. The third kappa shape index (κ3) is 3.75. The van der Waals surface area contributed by atoms with Crippen molar-refractivity contribution in [2.45, 2.75) is 19.9 Å². The van der Waals surface area contributed by atoms with E-state index in [1.807, 2.05) is 6.07 Å². The molecule has 1 atom stereocenters. The number of aromatic nitrogens is 4. The lowest BCUT2D eigenvalue weighted by Gasteiger charge is -2.16. The molecule has 7 nitrogen and oxygen atoms in total. The maximum absolute atomic E-state index is 14.2. The zero-order valence-corrected chi connectivity index (χ0v) is 14.0. The topological polar surface area (TPSA) is 102 Å². The number of aryl methyl sites for hydroxylation is 1. The van der Waals surface area contributed by atoms with E-state index in [2.05, 4.69) is 30.6 Å². The first-order valence-electron chi connectivity index (χ1n) is 7.73. The summed E-state index contributed by atoms with van der Waals surface area (Å²) in [6.07, 6.45) is 2.61. The summed E-state index contributed by atoms with van der Waals surface area (Å²) in [7, 11) is 0. The number of rotatable bonds is 5. The van der Waals surface area contributed by atoms with Gasteiger partial charge in [-0.1, -0.05) is 0 Å². The molecular formula is C17H15F2N7. The number of imidazole rings is 1. The monoisotopic (exact) mass is 355 g/mol. The van der Waals surface area contributed by atoms with E-state index in [1.54, 1.807) is 13.8 Å². The fraction of sp³-hybridized carbons (Fsp3) is 0.176. The average molecular weight is 355 g/mol. The SMILES string of the molecule is Cc1ncc(Nc2nc(NC(C)c3ccc(F)cn3)c(C#N)cc2F)[nH]1. The number of hydrogen-bond acceptors (Lipinski definition) is 6. The van der Waals surface area contributed by atoms with Gasteiger partial charge < -0.3 is 15.6 Å². The molecule has 3 aromatic rings. The highest BCUT2D eigenvalue weighted by Gasteiger charge is 2.16. The average Bonchev–Trinajstić information content (AvgIpc) is 3.03. The lowest BCUT2D eigenvalue weighted by Crippen LogP contribution is -2.12. The Bertz CT molecular complexity index is 960. The van der Waals surface area contributed by atoms with E-state index in [-0.39, 0.29) is 23.2 Å². The van der Waals surface area contributed by atoms with Gasteiger partial charge >= 0.3 is 0 Å². The number of nitrogens with one attached hydrogen (secondary N) is 3. The van der Waals surface area contributed by atoms with Crippen molar-refractivity contribution < 1.29 is 8.78 Å². The van der Waals surface area contributed by atoms with Gasteiger partial charge in [0.05, 0.1) is 29.7 Å². The van der Waals surface area contributed by atoms with Crippen molar-refractivity contribution in [1.82, 2.24) is 19.9 Å². The third-order valence-corrected chi connectivity index (χ3v) is 3.60. The smallest absolute Gasteiger partial charge is 0.170 e. The van der Waals surface area contributed by atoms with Crippen molar-refractivity contribution in [3.05, 3.63) is 59.3 Å². The van der Waals surface area contributed by atoms with Gasteiger partial charge in [0.25, 0.3) is 0 Å². The lowest BCUT2D eigenvalue weighted by molar-refractivity contribution is 0.617. The molecule has 1 unspecified atom stereocenters. The third-order valence-electron chi connectivity index (χ3n) is 3.60. The highest BCUT2D eigenvalue weighted by atomic mass is 19.1. The Morgan fingerprint density at radius 1 is 1.19 bits per heavy atom. The molecule has 3 heterocycles. The zero-order chi connectivity index (χ0) is 18.7. The van der Waals surface area contributed by atoms with E-state index < -0.39 is 11.6 Å². The van der Waals surface area contributed by atoms with Gasteiger partial charge in [-0.3, -0.25) is 4.98 Å². The molecule has 132 valence electrons. The summed E-state index contributed by atoms with van der Waals surface area (Å²) in [4.78, 5) is 15.1. The van der Waals surface area contributed by atoms with Crippen LogP contribution in [0.5, 0.6) is 0 Å². The molecule has 3 rings (SSSR count). The van der Waals surface area contributed by atoms with Crippen LogP contribution in [0.3, 0.4) is 0 Å². The molecule has 3 aromatic heterocycles. The Labute approximate surface area is 148 Å². The van der Waals surface area contributed by atoms with Crippen molar-refractivity contribution >= 4 is 17.5 Å². The summed E-state index contributed by atoms with van der Waals surface area (Å²) in [6.45, 7) is 3.54. The van der Waals surface area contributed by atoms with Crippen LogP contribution in [0.25, 0.3) is 0 Å². The zero-order valence-electron chi connectivity index (χ0n) is 14.0. The number of hydrogen-bond donors (Lipinski definition) is 3. The molecule has 3 N–H and O–H groups in total. The highest BCUT2D eigenvalue weighted by molar-refractivity contribution is 5.61. The molecule has 9 heteroatoms. The molecule has 0 saturated heterocycles. The summed E-state index contributed by atoms with van der Waals surface area (Å²) in [5, 5.41) is 15.0. The Morgan fingerprint density at radius 2 is 2.00 bits per heavy atom. The van der Waals surface area contributed by atoms with Gasteiger partial charge in [-0.15, -0.1) is 0 Å². The molecule has 0 bridgehead atoms. The van der Waals surface area contributed by atoms with E-state index in [4.69, 9.17) is 0 Å². The summed E-state index contributed by atoms with van der Waals surface area (Å²) >= 11 is 0. The number of H-pyrrole nitrogens is 1. The van der Waals surface area contributed by atoms with Crippen molar-refractivity contribution in [2.24, 2.45) is 0 Å². The second kappa shape index (κ2) is 7.14. The van der Waals surface area contributed by atoms with Crippen LogP contribution in [0.4, 0.5) is 26.2 Å². The van der Waals surface area contributed by atoms with Crippen LogP contribution in [0.2, 0.25) is 0 Å². The highest BCUT2D eigenvalue weighted by Crippen LogP contribution is 2.25. The van der Waals surface area contributed by atoms with Crippen LogP contribution in [0, 0.1) is 29.9 Å². The summed E-state index contributed by atoms with van der Waals surface area (Å²) < 4.78 is 27.2. The first kappa shape index (κ1) is 17.3. The van der Waals surface area contributed by atoms with Crippen LogP contribution in [0.1, 0.15) is 30.0 Å². The predicted molar refractivity (Wildman–Crippen MR) is 91.8 cm³/mol. The van der Waals surface area contributed by atoms with Gasteiger partial charge in [0.1, 0.15) is 29.3 Å². The van der Waals surface area contributed by atoms with Crippen LogP contribution >= 0.6 is 0 Å². The fourth-order valence-corrected chi connectivity index (χ4v) is 2.31. The van der Waals surface area contributed by atoms with Crippen molar-refractivity contribution in [1.29, 1.82) is 5.26 Å². The van der Waals surface area contributed by atoms with Crippen LogP contribution in [0.15, 0.2) is 30.6 Å². The molecule has 26 heavy (non-hydrogen) atoms. The summed E-state index contributed by atoms with van der Waals surface area (Å²) in [5.74, 6) is 0.140. The lowest BCUT2D eigenvalue weighted by atomic mass is 10.2. The van der Waals surface area contributed by atoms with Gasteiger partial charge in [0.2, 0.25) is 0 Å². The minimum absolute atomic E-state index is 0.0443. The number of nitrogens with zero attached hydrogens (tertiary/aromatic N) is 4. The van der Waals surface area contributed by atoms with E-state index >= 15 is 0 Å². The molecule has 0 radical (unpaired) electrons. The standard InChI is InChI=1S/C17H15F2N7/c1-9(14-4-3-12(18)7-22-14)23-16-11(6-20)5-13(19)17(26-16)25-15-8-21-10(2)24-15/h3-5,7-9H,1-2H3,(H,21,24)(H2,23,25,26). The number of nitriles is 1. The molecule has 0 fully saturated rings. The Morgan fingerprint density at radius 3 is 2.62 bits per heavy atom. The first-order valence-corrected chi connectivity index (χ1v) is 7.73. The predicted octanol–water partition coefficient (Wildman–Crippen LogP) is 3.57. The summed E-state index contributed by atoms with van der Waals surface area (Å²) in [6, 6.07) is 5.43. The number of pyridine rings is 2. The minimum Gasteiger partial charge on any atom is -0.361 e. The quantitative estimate of drug-likeness (QED) is 0.646. The number of anilines is 3. The van der Waals surface area contributed by atoms with Crippen LogP contribution in [-0.2, 0) is 0 Å². The minimum atomic E-state index is -0.674. The maximum atomic E-state index is 14.2. The van der Waals surface area contributed by atoms with Crippen molar-refractivity contribution in [3.8, 4) is 6.07 Å². The van der Waals surface area contributed by atoms with Gasteiger partial charge in [0.15, 0.2) is 11.6 Å². The van der Waals surface area contributed by atoms with Crippen LogP contribution < -0.4 is 10.6 Å². The first-order chi connectivity index (χ1) is 12.5. The number of halogens is 2. The fourth-order valence-electron chi connectivity index (χ4n) is 2.31. The summed E-state index contributed by atoms with van der Waals surface area (Å²) in [5.41, 5.74) is 0.600. The molecule has 0 aliphatic heterocycles. The second-order valence-electron chi connectivity index (χ2n) is 5.60. The molecule has 0 spiro atoms. The van der Waals surface area contributed by atoms with Gasteiger partial charge in [-0.25, -0.2) is 18.7 Å². The van der Waals surface area contributed by atoms with Gasteiger partial charge in [0, 0.05) is 0 Å². The molecule has 0 aliphatic carbocycles. The molecule has 0 aromatic carbocycles. The van der Waals surface area contributed by atoms with E-state index in [1.165, 1.54) is 18.3 Å². The van der Waals surface area contributed by atoms with Crippen molar-refractivity contribution in [3.63, 3.8) is 0 Å².